The fourth-order valence-electron chi connectivity index (χ4n) is 1.28. The first-order valence-electron chi connectivity index (χ1n) is 6.39. The Labute approximate surface area is 109 Å². The summed E-state index contributed by atoms with van der Waals surface area (Å²) in [6, 6.07) is 0. The zero-order chi connectivity index (χ0) is 14.2. The maximum Gasteiger partial charge on any atom is 0.318 e. The Morgan fingerprint density at radius 1 is 1.22 bits per heavy atom. The van der Waals surface area contributed by atoms with Crippen LogP contribution in [0.4, 0.5) is 0 Å². The Balaban J connectivity index is 3.92. The summed E-state index contributed by atoms with van der Waals surface area (Å²) in [5.41, 5.74) is -0.577. The molecule has 0 saturated heterocycles. The largest absolute Gasteiger partial charge is 0.459 e. The van der Waals surface area contributed by atoms with Gasteiger partial charge in [0.15, 0.2) is 0 Å². The molecule has 0 spiro atoms. The molecule has 0 aliphatic heterocycles. The smallest absolute Gasteiger partial charge is 0.318 e. The molecule has 0 aliphatic rings. The Kier molecular flexibility index (Phi) is 7.59. The topological polar surface area (TPSA) is 75.6 Å². The highest BCUT2D eigenvalue weighted by Crippen LogP contribution is 2.11. The van der Waals surface area contributed by atoms with Crippen LogP contribution in [0.3, 0.4) is 0 Å². The van der Waals surface area contributed by atoms with E-state index in [4.69, 9.17) is 9.84 Å². The Bertz CT molecular complexity index is 271. The lowest BCUT2D eigenvalue weighted by atomic mass is 10.1. The van der Waals surface area contributed by atoms with Crippen LogP contribution in [0.5, 0.6) is 0 Å². The molecule has 106 valence electrons. The van der Waals surface area contributed by atoms with E-state index in [1.54, 1.807) is 20.8 Å². The van der Waals surface area contributed by atoms with Gasteiger partial charge >= 0.3 is 5.97 Å². The molecule has 0 aromatic heterocycles. The highest BCUT2D eigenvalue weighted by atomic mass is 16.6. The van der Waals surface area contributed by atoms with E-state index in [0.717, 1.165) is 19.3 Å². The lowest BCUT2D eigenvalue weighted by Crippen LogP contribution is -2.37. The Hall–Kier alpha value is -1.10. The summed E-state index contributed by atoms with van der Waals surface area (Å²) in [6.45, 7) is 7.53. The number of amides is 1. The van der Waals surface area contributed by atoms with Crippen molar-refractivity contribution < 1.29 is 19.4 Å². The number of esters is 1. The minimum absolute atomic E-state index is 0.169. The van der Waals surface area contributed by atoms with Crippen LogP contribution >= 0.6 is 0 Å². The van der Waals surface area contributed by atoms with Crippen LogP contribution < -0.4 is 5.32 Å². The molecule has 0 aliphatic carbocycles. The quantitative estimate of drug-likeness (QED) is 0.410. The summed E-state index contributed by atoms with van der Waals surface area (Å²) in [5, 5.41) is 11.3. The van der Waals surface area contributed by atoms with E-state index in [1.165, 1.54) is 6.92 Å². The number of unbranched alkanes of at least 4 members (excludes halogenated alkanes) is 2. The van der Waals surface area contributed by atoms with Crippen molar-refractivity contribution >= 4 is 11.9 Å². The van der Waals surface area contributed by atoms with Crippen molar-refractivity contribution in [3.63, 3.8) is 0 Å². The number of ether oxygens (including phenoxy) is 1. The van der Waals surface area contributed by atoms with Gasteiger partial charge in [-0.2, -0.15) is 0 Å². The molecule has 0 rings (SSSR count). The van der Waals surface area contributed by atoms with Crippen LogP contribution in [-0.4, -0.2) is 35.7 Å². The van der Waals surface area contributed by atoms with Crippen molar-refractivity contribution in [1.82, 2.24) is 5.32 Å². The molecule has 0 aromatic carbocycles. The molecule has 2 N–H and O–H groups in total. The molecule has 0 saturated carbocycles. The fraction of sp³-hybridized carbons (Fsp3) is 0.846. The van der Waals surface area contributed by atoms with Gasteiger partial charge in [-0.25, -0.2) is 0 Å². The molecular weight excluding hydrogens is 234 g/mol. The van der Waals surface area contributed by atoms with E-state index in [0.29, 0.717) is 6.54 Å². The molecule has 0 fully saturated rings. The molecule has 0 aromatic rings. The van der Waals surface area contributed by atoms with Crippen molar-refractivity contribution in [2.45, 2.75) is 52.6 Å². The van der Waals surface area contributed by atoms with Gasteiger partial charge in [0, 0.05) is 13.2 Å². The second-order valence-electron chi connectivity index (χ2n) is 5.33. The van der Waals surface area contributed by atoms with Crippen LogP contribution in [0.25, 0.3) is 0 Å². The van der Waals surface area contributed by atoms with E-state index >= 15 is 0 Å². The number of nitrogens with one attached hydrogen (secondary N) is 1. The van der Waals surface area contributed by atoms with Crippen molar-refractivity contribution in [2.75, 3.05) is 13.2 Å². The number of carbonyl (C=O) groups excluding carboxylic acids is 2. The summed E-state index contributed by atoms with van der Waals surface area (Å²) in [7, 11) is 0. The summed E-state index contributed by atoms with van der Waals surface area (Å²) in [4.78, 5) is 23.3. The SMILES string of the molecule is CC(C(=O)NCCCCCO)C(=O)OC(C)(C)C. The zero-order valence-electron chi connectivity index (χ0n) is 11.8. The number of rotatable bonds is 7. The minimum atomic E-state index is -0.790. The third kappa shape index (κ3) is 8.06. The van der Waals surface area contributed by atoms with Crippen LogP contribution in [0, 0.1) is 5.92 Å². The van der Waals surface area contributed by atoms with Gasteiger partial charge in [-0.3, -0.25) is 9.59 Å². The Morgan fingerprint density at radius 3 is 2.33 bits per heavy atom. The second-order valence-corrected chi connectivity index (χ2v) is 5.33. The number of hydrogen-bond acceptors (Lipinski definition) is 4. The van der Waals surface area contributed by atoms with Gasteiger partial charge in [-0.1, -0.05) is 0 Å². The fourth-order valence-corrected chi connectivity index (χ4v) is 1.28. The first-order valence-corrected chi connectivity index (χ1v) is 6.39. The predicted octanol–water partition coefficient (Wildman–Crippen LogP) is 1.24. The lowest BCUT2D eigenvalue weighted by Gasteiger charge is -2.21. The first kappa shape index (κ1) is 16.9. The van der Waals surface area contributed by atoms with Gasteiger partial charge in [0.25, 0.3) is 0 Å². The molecule has 5 nitrogen and oxygen atoms in total. The van der Waals surface area contributed by atoms with Crippen molar-refractivity contribution in [3.8, 4) is 0 Å². The lowest BCUT2D eigenvalue weighted by molar-refractivity contribution is -0.161. The van der Waals surface area contributed by atoms with Gasteiger partial charge in [0.1, 0.15) is 11.5 Å². The first-order chi connectivity index (χ1) is 8.28. The third-order valence-electron chi connectivity index (χ3n) is 2.29. The number of aliphatic hydroxyl groups excluding tert-OH is 1. The number of hydrogen-bond donors (Lipinski definition) is 2. The molecule has 0 radical (unpaired) electrons. The monoisotopic (exact) mass is 259 g/mol. The molecule has 0 bridgehead atoms. The molecule has 1 unspecified atom stereocenters. The number of carbonyl (C=O) groups is 2. The van der Waals surface area contributed by atoms with Crippen molar-refractivity contribution in [3.05, 3.63) is 0 Å². The average molecular weight is 259 g/mol. The van der Waals surface area contributed by atoms with Gasteiger partial charge in [-0.05, 0) is 47.0 Å². The van der Waals surface area contributed by atoms with E-state index in [9.17, 15) is 9.59 Å². The summed E-state index contributed by atoms with van der Waals surface area (Å²) in [6.07, 6.45) is 2.39. The van der Waals surface area contributed by atoms with Gasteiger partial charge in [-0.15, -0.1) is 0 Å². The van der Waals surface area contributed by atoms with E-state index < -0.39 is 17.5 Å². The van der Waals surface area contributed by atoms with Gasteiger partial charge in [0.2, 0.25) is 5.91 Å². The normalized spacial score (nSPS) is 12.9. The highest BCUT2D eigenvalue weighted by molar-refractivity contribution is 5.97. The molecule has 1 amide bonds. The van der Waals surface area contributed by atoms with Crippen LogP contribution in [0.15, 0.2) is 0 Å². The van der Waals surface area contributed by atoms with Crippen molar-refractivity contribution in [2.24, 2.45) is 5.92 Å². The predicted molar refractivity (Wildman–Crippen MR) is 69.0 cm³/mol. The molecule has 1 atom stereocenters. The Morgan fingerprint density at radius 2 is 1.83 bits per heavy atom. The van der Waals surface area contributed by atoms with E-state index in [-0.39, 0.29) is 12.5 Å². The maximum atomic E-state index is 11.6. The molecule has 18 heavy (non-hydrogen) atoms. The average Bonchev–Trinajstić information content (AvgIpc) is 2.25. The highest BCUT2D eigenvalue weighted by Gasteiger charge is 2.26. The van der Waals surface area contributed by atoms with Crippen LogP contribution in [0.2, 0.25) is 0 Å². The van der Waals surface area contributed by atoms with Crippen molar-refractivity contribution in [1.29, 1.82) is 0 Å². The third-order valence-corrected chi connectivity index (χ3v) is 2.29. The summed E-state index contributed by atoms with van der Waals surface area (Å²) >= 11 is 0. The maximum absolute atomic E-state index is 11.6. The minimum Gasteiger partial charge on any atom is -0.459 e. The van der Waals surface area contributed by atoms with Crippen LogP contribution in [0.1, 0.15) is 47.0 Å². The zero-order valence-corrected chi connectivity index (χ0v) is 11.8. The summed E-state index contributed by atoms with van der Waals surface area (Å²) in [5.74, 6) is -1.61. The van der Waals surface area contributed by atoms with E-state index in [1.807, 2.05) is 0 Å². The standard InChI is InChI=1S/C13H25NO4/c1-10(12(17)18-13(2,3)4)11(16)14-8-6-5-7-9-15/h10,15H,5-9H2,1-4H3,(H,14,16). The molecular formula is C13H25NO4. The van der Waals surface area contributed by atoms with Crippen LogP contribution in [-0.2, 0) is 14.3 Å². The summed E-state index contributed by atoms with van der Waals surface area (Å²) < 4.78 is 5.13. The van der Waals surface area contributed by atoms with Gasteiger partial charge in [0.05, 0.1) is 0 Å². The second kappa shape index (κ2) is 8.08. The van der Waals surface area contributed by atoms with E-state index in [2.05, 4.69) is 5.32 Å². The molecule has 5 heteroatoms. The number of aliphatic hydroxyl groups is 1. The van der Waals surface area contributed by atoms with Gasteiger partial charge < -0.3 is 15.2 Å². The molecule has 0 heterocycles.